The molecule has 1 atom stereocenters. The molecule has 20 heavy (non-hydrogen) atoms. The van der Waals surface area contributed by atoms with E-state index in [1.807, 2.05) is 12.1 Å². The minimum Gasteiger partial charge on any atom is -0.310 e. The molecule has 112 valence electrons. The first-order valence-corrected chi connectivity index (χ1v) is 8.24. The lowest BCUT2D eigenvalue weighted by Crippen LogP contribution is -2.48. The van der Waals surface area contributed by atoms with Crippen LogP contribution in [0, 0.1) is 0 Å². The van der Waals surface area contributed by atoms with Crippen LogP contribution in [0.15, 0.2) is 24.3 Å². The summed E-state index contributed by atoms with van der Waals surface area (Å²) in [6.45, 7) is 10.2. The average Bonchev–Trinajstić information content (AvgIpc) is 2.41. The fourth-order valence-electron chi connectivity index (χ4n) is 3.14. The molecular weight excluding hydrogens is 268 g/mol. The van der Waals surface area contributed by atoms with E-state index in [2.05, 4.69) is 43.1 Å². The third kappa shape index (κ3) is 3.97. The fourth-order valence-corrected chi connectivity index (χ4v) is 3.43. The normalized spacial score (nSPS) is 23.6. The zero-order valence-electron chi connectivity index (χ0n) is 12.9. The van der Waals surface area contributed by atoms with Crippen molar-refractivity contribution in [3.63, 3.8) is 0 Å². The lowest BCUT2D eigenvalue weighted by Gasteiger charge is -2.39. The molecule has 0 amide bonds. The second-order valence-corrected chi connectivity index (χ2v) is 6.35. The number of halogens is 1. The summed E-state index contributed by atoms with van der Waals surface area (Å²) in [5, 5.41) is 4.67. The highest BCUT2D eigenvalue weighted by atomic mass is 35.5. The second kappa shape index (κ2) is 7.44. The SMILES string of the molecule is CCN(CC)CC(C)NC1CC(c2ccccc2Cl)C1. The maximum absolute atomic E-state index is 6.26. The van der Waals surface area contributed by atoms with Gasteiger partial charge in [-0.05, 0) is 50.4 Å². The third-order valence-electron chi connectivity index (χ3n) is 4.43. The van der Waals surface area contributed by atoms with Crippen LogP contribution in [0.1, 0.15) is 45.1 Å². The Morgan fingerprint density at radius 3 is 2.50 bits per heavy atom. The smallest absolute Gasteiger partial charge is 0.0440 e. The molecule has 1 N–H and O–H groups in total. The van der Waals surface area contributed by atoms with Crippen LogP contribution in [0.5, 0.6) is 0 Å². The van der Waals surface area contributed by atoms with Gasteiger partial charge in [-0.1, -0.05) is 43.6 Å². The van der Waals surface area contributed by atoms with Crippen LogP contribution in [0.3, 0.4) is 0 Å². The monoisotopic (exact) mass is 294 g/mol. The minimum absolute atomic E-state index is 0.562. The summed E-state index contributed by atoms with van der Waals surface area (Å²) < 4.78 is 0. The Balaban J connectivity index is 1.75. The van der Waals surface area contributed by atoms with E-state index in [9.17, 15) is 0 Å². The van der Waals surface area contributed by atoms with E-state index >= 15 is 0 Å². The summed E-state index contributed by atoms with van der Waals surface area (Å²) in [5.41, 5.74) is 1.32. The lowest BCUT2D eigenvalue weighted by molar-refractivity contribution is 0.221. The van der Waals surface area contributed by atoms with Crippen molar-refractivity contribution in [3.05, 3.63) is 34.9 Å². The van der Waals surface area contributed by atoms with E-state index in [4.69, 9.17) is 11.6 Å². The Bertz CT molecular complexity index is 411. The zero-order valence-corrected chi connectivity index (χ0v) is 13.7. The van der Waals surface area contributed by atoms with Crippen molar-refractivity contribution in [2.45, 2.75) is 51.6 Å². The first-order valence-electron chi connectivity index (χ1n) is 7.86. The molecule has 0 bridgehead atoms. The van der Waals surface area contributed by atoms with Crippen LogP contribution in [-0.2, 0) is 0 Å². The molecular formula is C17H27ClN2. The molecule has 2 nitrogen and oxygen atoms in total. The topological polar surface area (TPSA) is 15.3 Å². The molecule has 1 aliphatic rings. The number of hydrogen-bond donors (Lipinski definition) is 1. The van der Waals surface area contributed by atoms with Crippen LogP contribution >= 0.6 is 11.6 Å². The molecule has 0 radical (unpaired) electrons. The van der Waals surface area contributed by atoms with Crippen LogP contribution in [0.25, 0.3) is 0 Å². The van der Waals surface area contributed by atoms with Crippen molar-refractivity contribution in [2.24, 2.45) is 0 Å². The Labute approximate surface area is 128 Å². The van der Waals surface area contributed by atoms with Crippen LogP contribution in [0.4, 0.5) is 0 Å². The molecule has 1 aromatic carbocycles. The number of nitrogens with zero attached hydrogens (tertiary/aromatic N) is 1. The molecule has 0 heterocycles. The Kier molecular flexibility index (Phi) is 5.88. The number of hydrogen-bond acceptors (Lipinski definition) is 2. The van der Waals surface area contributed by atoms with E-state index in [1.54, 1.807) is 0 Å². The second-order valence-electron chi connectivity index (χ2n) is 5.94. The molecule has 0 aromatic heterocycles. The van der Waals surface area contributed by atoms with E-state index in [0.29, 0.717) is 18.0 Å². The van der Waals surface area contributed by atoms with Crippen molar-refractivity contribution < 1.29 is 0 Å². The molecule has 1 unspecified atom stereocenters. The van der Waals surface area contributed by atoms with E-state index in [-0.39, 0.29) is 0 Å². The highest BCUT2D eigenvalue weighted by molar-refractivity contribution is 6.31. The van der Waals surface area contributed by atoms with Crippen molar-refractivity contribution in [3.8, 4) is 0 Å². The Morgan fingerprint density at radius 1 is 1.25 bits per heavy atom. The van der Waals surface area contributed by atoms with Gasteiger partial charge in [0.1, 0.15) is 0 Å². The van der Waals surface area contributed by atoms with Crippen molar-refractivity contribution in [2.75, 3.05) is 19.6 Å². The number of likely N-dealkylation sites (N-methyl/N-ethyl adjacent to an activating group) is 1. The maximum Gasteiger partial charge on any atom is 0.0440 e. The van der Waals surface area contributed by atoms with Crippen molar-refractivity contribution in [1.82, 2.24) is 10.2 Å². The minimum atomic E-state index is 0.562. The van der Waals surface area contributed by atoms with Gasteiger partial charge in [-0.2, -0.15) is 0 Å². The van der Waals surface area contributed by atoms with Crippen LogP contribution in [0.2, 0.25) is 5.02 Å². The van der Waals surface area contributed by atoms with E-state index < -0.39 is 0 Å². The lowest BCUT2D eigenvalue weighted by atomic mass is 9.75. The molecule has 0 aliphatic heterocycles. The molecule has 3 heteroatoms. The van der Waals surface area contributed by atoms with Crippen molar-refractivity contribution in [1.29, 1.82) is 0 Å². The molecule has 1 fully saturated rings. The van der Waals surface area contributed by atoms with Gasteiger partial charge in [0.05, 0.1) is 0 Å². The van der Waals surface area contributed by atoms with E-state index in [1.165, 1.54) is 18.4 Å². The van der Waals surface area contributed by atoms with E-state index in [0.717, 1.165) is 24.7 Å². The highest BCUT2D eigenvalue weighted by Crippen LogP contribution is 2.39. The van der Waals surface area contributed by atoms with Gasteiger partial charge in [0.15, 0.2) is 0 Å². The summed E-state index contributed by atoms with van der Waals surface area (Å²) in [6, 6.07) is 9.48. The summed E-state index contributed by atoms with van der Waals surface area (Å²) in [5.74, 6) is 0.641. The number of benzene rings is 1. The first kappa shape index (κ1) is 15.8. The van der Waals surface area contributed by atoms with Gasteiger partial charge in [-0.15, -0.1) is 0 Å². The largest absolute Gasteiger partial charge is 0.310 e. The van der Waals surface area contributed by atoms with Crippen LogP contribution < -0.4 is 5.32 Å². The molecule has 1 saturated carbocycles. The van der Waals surface area contributed by atoms with Gasteiger partial charge in [0.2, 0.25) is 0 Å². The summed E-state index contributed by atoms with van der Waals surface area (Å²) in [6.07, 6.45) is 2.43. The molecule has 0 spiro atoms. The van der Waals surface area contributed by atoms with Gasteiger partial charge in [0, 0.05) is 23.7 Å². The number of nitrogens with one attached hydrogen (secondary N) is 1. The molecule has 1 aromatic rings. The van der Waals surface area contributed by atoms with Crippen LogP contribution in [-0.4, -0.2) is 36.6 Å². The van der Waals surface area contributed by atoms with Gasteiger partial charge in [0.25, 0.3) is 0 Å². The number of rotatable bonds is 7. The predicted octanol–water partition coefficient (Wildman–Crippen LogP) is 3.91. The van der Waals surface area contributed by atoms with Gasteiger partial charge in [-0.25, -0.2) is 0 Å². The quantitative estimate of drug-likeness (QED) is 0.820. The molecule has 0 saturated heterocycles. The Morgan fingerprint density at radius 2 is 1.90 bits per heavy atom. The van der Waals surface area contributed by atoms with Gasteiger partial charge >= 0.3 is 0 Å². The molecule has 2 rings (SSSR count). The first-order chi connectivity index (χ1) is 9.63. The average molecular weight is 295 g/mol. The Hall–Kier alpha value is -0.570. The summed E-state index contributed by atoms with van der Waals surface area (Å²) in [7, 11) is 0. The summed E-state index contributed by atoms with van der Waals surface area (Å²) in [4.78, 5) is 2.47. The fraction of sp³-hybridized carbons (Fsp3) is 0.647. The summed E-state index contributed by atoms with van der Waals surface area (Å²) >= 11 is 6.26. The third-order valence-corrected chi connectivity index (χ3v) is 4.77. The maximum atomic E-state index is 6.26. The highest BCUT2D eigenvalue weighted by Gasteiger charge is 2.32. The van der Waals surface area contributed by atoms with Gasteiger partial charge in [-0.3, -0.25) is 0 Å². The standard InChI is InChI=1S/C17H27ClN2/c1-4-20(5-2)12-13(3)19-15-10-14(11-15)16-8-6-7-9-17(16)18/h6-9,13-15,19H,4-5,10-12H2,1-3H3. The zero-order chi connectivity index (χ0) is 14.5. The van der Waals surface area contributed by atoms with Crippen molar-refractivity contribution >= 4 is 11.6 Å². The van der Waals surface area contributed by atoms with Gasteiger partial charge < -0.3 is 10.2 Å². The molecule has 1 aliphatic carbocycles. The predicted molar refractivity (Wildman–Crippen MR) is 87.6 cm³/mol.